The van der Waals surface area contributed by atoms with Gasteiger partial charge in [0.25, 0.3) is 0 Å². The lowest BCUT2D eigenvalue weighted by molar-refractivity contribution is -0.123. The lowest BCUT2D eigenvalue weighted by Gasteiger charge is -2.18. The highest BCUT2D eigenvalue weighted by Gasteiger charge is 2.13. The number of benzene rings is 1. The molecule has 0 aliphatic carbocycles. The standard InChI is InChI=1S/C17H26BrN3O2/c1-5-6-13(3)19-16(22)10-21(4)11-17(23)20-15-8-7-14(18)9-12(15)2/h7-9,13H,5-6,10-11H2,1-4H3,(H,19,22)(H,20,23)/t13-/m0/s1. The number of nitrogens with zero attached hydrogens (tertiary/aromatic N) is 1. The summed E-state index contributed by atoms with van der Waals surface area (Å²) in [6.45, 7) is 6.40. The summed E-state index contributed by atoms with van der Waals surface area (Å²) in [6, 6.07) is 5.85. The molecule has 1 aromatic rings. The molecule has 1 atom stereocenters. The van der Waals surface area contributed by atoms with Crippen molar-refractivity contribution in [2.75, 3.05) is 25.5 Å². The predicted molar refractivity (Wildman–Crippen MR) is 97.5 cm³/mol. The van der Waals surface area contributed by atoms with E-state index < -0.39 is 0 Å². The van der Waals surface area contributed by atoms with Gasteiger partial charge in [0, 0.05) is 16.2 Å². The van der Waals surface area contributed by atoms with Gasteiger partial charge in [-0.1, -0.05) is 29.3 Å². The first-order chi connectivity index (χ1) is 10.8. The zero-order valence-electron chi connectivity index (χ0n) is 14.3. The molecule has 128 valence electrons. The summed E-state index contributed by atoms with van der Waals surface area (Å²) in [4.78, 5) is 25.7. The first-order valence-corrected chi connectivity index (χ1v) is 8.65. The SMILES string of the molecule is CCC[C@H](C)NC(=O)CN(C)CC(=O)Nc1ccc(Br)cc1C. The predicted octanol–water partition coefficient (Wildman–Crippen LogP) is 2.93. The van der Waals surface area contributed by atoms with Crippen LogP contribution < -0.4 is 10.6 Å². The van der Waals surface area contributed by atoms with Crippen LogP contribution in [-0.4, -0.2) is 42.9 Å². The Kier molecular flexibility index (Phi) is 8.26. The smallest absolute Gasteiger partial charge is 0.238 e. The van der Waals surface area contributed by atoms with Gasteiger partial charge in [0.15, 0.2) is 0 Å². The highest BCUT2D eigenvalue weighted by atomic mass is 79.9. The maximum atomic E-state index is 12.1. The third-order valence-electron chi connectivity index (χ3n) is 3.42. The van der Waals surface area contributed by atoms with E-state index in [9.17, 15) is 9.59 Å². The van der Waals surface area contributed by atoms with Crippen LogP contribution in [0.3, 0.4) is 0 Å². The van der Waals surface area contributed by atoms with Gasteiger partial charge in [-0.05, 0) is 51.1 Å². The first-order valence-electron chi connectivity index (χ1n) is 7.85. The summed E-state index contributed by atoms with van der Waals surface area (Å²) in [5.41, 5.74) is 1.77. The first kappa shape index (κ1) is 19.6. The number of amides is 2. The van der Waals surface area contributed by atoms with E-state index in [1.165, 1.54) is 0 Å². The second-order valence-electron chi connectivity index (χ2n) is 5.94. The van der Waals surface area contributed by atoms with Crippen LogP contribution in [0.5, 0.6) is 0 Å². The number of likely N-dealkylation sites (N-methyl/N-ethyl adjacent to an activating group) is 1. The molecule has 1 rings (SSSR count). The number of halogens is 1. The summed E-state index contributed by atoms with van der Waals surface area (Å²) in [5.74, 6) is -0.187. The van der Waals surface area contributed by atoms with Gasteiger partial charge in [-0.3, -0.25) is 14.5 Å². The normalized spacial score (nSPS) is 12.1. The summed E-state index contributed by atoms with van der Waals surface area (Å²) >= 11 is 3.40. The number of aryl methyl sites for hydroxylation is 1. The molecule has 5 nitrogen and oxygen atoms in total. The molecular formula is C17H26BrN3O2. The minimum atomic E-state index is -0.132. The van der Waals surface area contributed by atoms with Crippen molar-refractivity contribution in [1.82, 2.24) is 10.2 Å². The third-order valence-corrected chi connectivity index (χ3v) is 3.91. The molecule has 1 aromatic carbocycles. The van der Waals surface area contributed by atoms with Crippen molar-refractivity contribution in [2.45, 2.75) is 39.7 Å². The number of rotatable bonds is 8. The molecule has 6 heteroatoms. The van der Waals surface area contributed by atoms with E-state index in [2.05, 4.69) is 33.5 Å². The van der Waals surface area contributed by atoms with Gasteiger partial charge in [-0.2, -0.15) is 0 Å². The summed E-state index contributed by atoms with van der Waals surface area (Å²) in [5, 5.41) is 5.80. The molecule has 0 aromatic heterocycles. The van der Waals surface area contributed by atoms with Gasteiger partial charge in [0.05, 0.1) is 13.1 Å². The lowest BCUT2D eigenvalue weighted by Crippen LogP contribution is -2.42. The second kappa shape index (κ2) is 9.67. The molecule has 0 aliphatic heterocycles. The van der Waals surface area contributed by atoms with Gasteiger partial charge in [-0.25, -0.2) is 0 Å². The molecule has 23 heavy (non-hydrogen) atoms. The number of anilines is 1. The van der Waals surface area contributed by atoms with Crippen molar-refractivity contribution < 1.29 is 9.59 Å². The largest absolute Gasteiger partial charge is 0.353 e. The minimum Gasteiger partial charge on any atom is -0.353 e. The van der Waals surface area contributed by atoms with Crippen LogP contribution in [0.4, 0.5) is 5.69 Å². The van der Waals surface area contributed by atoms with Crippen molar-refractivity contribution in [3.05, 3.63) is 28.2 Å². The molecule has 0 aliphatic rings. The highest BCUT2D eigenvalue weighted by Crippen LogP contribution is 2.19. The fraction of sp³-hybridized carbons (Fsp3) is 0.529. The van der Waals surface area contributed by atoms with E-state index in [4.69, 9.17) is 0 Å². The van der Waals surface area contributed by atoms with Crippen LogP contribution in [0, 0.1) is 6.92 Å². The maximum absolute atomic E-state index is 12.1. The van der Waals surface area contributed by atoms with E-state index in [1.54, 1.807) is 11.9 Å². The molecule has 0 radical (unpaired) electrons. The summed E-state index contributed by atoms with van der Waals surface area (Å²) in [7, 11) is 1.76. The number of hydrogen-bond donors (Lipinski definition) is 2. The minimum absolute atomic E-state index is 0.0546. The summed E-state index contributed by atoms with van der Waals surface area (Å²) < 4.78 is 0.975. The molecule has 0 saturated carbocycles. The lowest BCUT2D eigenvalue weighted by atomic mass is 10.2. The van der Waals surface area contributed by atoms with Crippen molar-refractivity contribution in [3.8, 4) is 0 Å². The van der Waals surface area contributed by atoms with Crippen molar-refractivity contribution in [3.63, 3.8) is 0 Å². The van der Waals surface area contributed by atoms with Crippen molar-refractivity contribution >= 4 is 33.4 Å². The monoisotopic (exact) mass is 383 g/mol. The van der Waals surface area contributed by atoms with E-state index in [0.29, 0.717) is 0 Å². The van der Waals surface area contributed by atoms with Crippen LogP contribution in [0.2, 0.25) is 0 Å². The Hall–Kier alpha value is -1.40. The van der Waals surface area contributed by atoms with Crippen LogP contribution in [0.1, 0.15) is 32.3 Å². The van der Waals surface area contributed by atoms with Crippen LogP contribution >= 0.6 is 15.9 Å². The van der Waals surface area contributed by atoms with Gasteiger partial charge in [0.2, 0.25) is 11.8 Å². The van der Waals surface area contributed by atoms with Gasteiger partial charge >= 0.3 is 0 Å². The number of carbonyl (C=O) groups is 2. The van der Waals surface area contributed by atoms with Crippen LogP contribution in [-0.2, 0) is 9.59 Å². The van der Waals surface area contributed by atoms with Crippen LogP contribution in [0.15, 0.2) is 22.7 Å². The molecule has 0 heterocycles. The quantitative estimate of drug-likeness (QED) is 0.725. The maximum Gasteiger partial charge on any atom is 0.238 e. The van der Waals surface area contributed by atoms with E-state index in [-0.39, 0.29) is 30.9 Å². The fourth-order valence-electron chi connectivity index (χ4n) is 2.33. The van der Waals surface area contributed by atoms with Crippen molar-refractivity contribution in [2.24, 2.45) is 0 Å². The zero-order valence-corrected chi connectivity index (χ0v) is 15.9. The Labute approximate surface area is 146 Å². The van der Waals surface area contributed by atoms with Crippen LogP contribution in [0.25, 0.3) is 0 Å². The third kappa shape index (κ3) is 7.61. The number of carbonyl (C=O) groups excluding carboxylic acids is 2. The van der Waals surface area contributed by atoms with Gasteiger partial charge in [0.1, 0.15) is 0 Å². The van der Waals surface area contributed by atoms with E-state index in [0.717, 1.165) is 28.6 Å². The zero-order chi connectivity index (χ0) is 17.4. The molecule has 0 spiro atoms. The summed E-state index contributed by atoms with van der Waals surface area (Å²) in [6.07, 6.45) is 1.99. The molecule has 0 saturated heterocycles. The molecule has 2 N–H and O–H groups in total. The Morgan fingerprint density at radius 2 is 1.91 bits per heavy atom. The highest BCUT2D eigenvalue weighted by molar-refractivity contribution is 9.10. The number of nitrogens with one attached hydrogen (secondary N) is 2. The Morgan fingerprint density at radius 1 is 1.26 bits per heavy atom. The Morgan fingerprint density at radius 3 is 2.52 bits per heavy atom. The molecule has 0 fully saturated rings. The van der Waals surface area contributed by atoms with Gasteiger partial charge in [-0.15, -0.1) is 0 Å². The average Bonchev–Trinajstić information content (AvgIpc) is 2.41. The van der Waals surface area contributed by atoms with E-state index in [1.807, 2.05) is 32.0 Å². The topological polar surface area (TPSA) is 61.4 Å². The van der Waals surface area contributed by atoms with E-state index >= 15 is 0 Å². The molecule has 2 amide bonds. The average molecular weight is 384 g/mol. The van der Waals surface area contributed by atoms with Crippen molar-refractivity contribution in [1.29, 1.82) is 0 Å². The Bertz CT molecular complexity index is 549. The molecule has 0 unspecified atom stereocenters. The fourth-order valence-corrected chi connectivity index (χ4v) is 2.80. The number of hydrogen-bond acceptors (Lipinski definition) is 3. The van der Waals surface area contributed by atoms with Gasteiger partial charge < -0.3 is 10.6 Å². The Balaban J connectivity index is 2.42. The molecule has 0 bridgehead atoms. The molecular weight excluding hydrogens is 358 g/mol. The second-order valence-corrected chi connectivity index (χ2v) is 6.85.